The topological polar surface area (TPSA) is 34.2 Å². The highest BCUT2D eigenvalue weighted by Gasteiger charge is 2.05. The molecule has 1 aromatic heterocycles. The van der Waals surface area contributed by atoms with E-state index < -0.39 is 0 Å². The molecule has 106 valence electrons. The Morgan fingerprint density at radius 1 is 1.20 bits per heavy atom. The molecule has 0 amide bonds. The fraction of sp³-hybridized carbons (Fsp3) is 0.312. The summed E-state index contributed by atoms with van der Waals surface area (Å²) in [4.78, 5) is 4.42. The van der Waals surface area contributed by atoms with Crippen molar-refractivity contribution in [1.82, 2.24) is 10.3 Å². The van der Waals surface area contributed by atoms with Gasteiger partial charge in [0.25, 0.3) is 0 Å². The number of hydrogen-bond donors (Lipinski definition) is 1. The summed E-state index contributed by atoms with van der Waals surface area (Å²) in [5.41, 5.74) is 3.42. The van der Waals surface area contributed by atoms with Gasteiger partial charge in [0, 0.05) is 29.9 Å². The molecule has 0 aliphatic carbocycles. The first-order valence-corrected chi connectivity index (χ1v) is 7.08. The van der Waals surface area contributed by atoms with Crippen molar-refractivity contribution in [3.63, 3.8) is 0 Å². The molecule has 0 aliphatic heterocycles. The summed E-state index contributed by atoms with van der Waals surface area (Å²) in [6.45, 7) is 3.57. The van der Waals surface area contributed by atoms with Gasteiger partial charge in [-0.2, -0.15) is 0 Å². The number of methoxy groups -OCH3 is 1. The number of hydrogen-bond acceptors (Lipinski definition) is 3. The summed E-state index contributed by atoms with van der Waals surface area (Å²) < 4.78 is 5.33. The maximum absolute atomic E-state index is 6.02. The van der Waals surface area contributed by atoms with E-state index in [2.05, 4.69) is 23.3 Å². The SMILES string of the molecule is CCc1cccnc1CNCc1cc(Cl)ccc1OC. The summed E-state index contributed by atoms with van der Waals surface area (Å²) in [7, 11) is 1.67. The zero-order valence-corrected chi connectivity index (χ0v) is 12.6. The van der Waals surface area contributed by atoms with Crippen LogP contribution in [0, 0.1) is 0 Å². The van der Waals surface area contributed by atoms with Gasteiger partial charge in [0.15, 0.2) is 0 Å². The Balaban J connectivity index is 2.01. The summed E-state index contributed by atoms with van der Waals surface area (Å²) >= 11 is 6.02. The van der Waals surface area contributed by atoms with Crippen molar-refractivity contribution in [3.8, 4) is 5.75 Å². The number of aryl methyl sites for hydroxylation is 1. The van der Waals surface area contributed by atoms with Crippen molar-refractivity contribution in [2.24, 2.45) is 0 Å². The van der Waals surface area contributed by atoms with Crippen LogP contribution in [-0.2, 0) is 19.5 Å². The van der Waals surface area contributed by atoms with E-state index in [9.17, 15) is 0 Å². The molecule has 3 nitrogen and oxygen atoms in total. The van der Waals surface area contributed by atoms with Crippen LogP contribution >= 0.6 is 11.6 Å². The standard InChI is InChI=1S/C16H19ClN2O/c1-3-12-5-4-8-19-15(12)11-18-10-13-9-14(17)6-7-16(13)20-2/h4-9,18H,3,10-11H2,1-2H3. The van der Waals surface area contributed by atoms with Gasteiger partial charge >= 0.3 is 0 Å². The Bertz CT molecular complexity index is 572. The molecule has 2 rings (SSSR count). The molecule has 0 unspecified atom stereocenters. The fourth-order valence-electron chi connectivity index (χ4n) is 2.15. The first kappa shape index (κ1) is 14.8. The van der Waals surface area contributed by atoms with Crippen molar-refractivity contribution in [3.05, 3.63) is 58.4 Å². The molecule has 0 saturated heterocycles. The first-order chi connectivity index (χ1) is 9.74. The molecule has 0 spiro atoms. The number of nitrogens with one attached hydrogen (secondary N) is 1. The summed E-state index contributed by atoms with van der Waals surface area (Å²) in [6, 6.07) is 9.73. The molecule has 1 aromatic carbocycles. The molecule has 2 aromatic rings. The molecule has 0 aliphatic rings. The van der Waals surface area contributed by atoms with E-state index in [1.807, 2.05) is 30.5 Å². The minimum Gasteiger partial charge on any atom is -0.496 e. The Labute approximate surface area is 124 Å². The second-order valence-corrected chi connectivity index (χ2v) is 4.96. The van der Waals surface area contributed by atoms with E-state index in [-0.39, 0.29) is 0 Å². The van der Waals surface area contributed by atoms with Crippen molar-refractivity contribution in [1.29, 1.82) is 0 Å². The second-order valence-electron chi connectivity index (χ2n) is 4.52. The number of aromatic nitrogens is 1. The van der Waals surface area contributed by atoms with Crippen molar-refractivity contribution < 1.29 is 4.74 Å². The lowest BCUT2D eigenvalue weighted by molar-refractivity contribution is 0.407. The number of ether oxygens (including phenoxy) is 1. The minimum absolute atomic E-state index is 0.698. The fourth-order valence-corrected chi connectivity index (χ4v) is 2.35. The first-order valence-electron chi connectivity index (χ1n) is 6.70. The number of halogens is 1. The van der Waals surface area contributed by atoms with Crippen LogP contribution < -0.4 is 10.1 Å². The Morgan fingerprint density at radius 2 is 2.05 bits per heavy atom. The predicted molar refractivity (Wildman–Crippen MR) is 82.2 cm³/mol. The molecule has 20 heavy (non-hydrogen) atoms. The van der Waals surface area contributed by atoms with Gasteiger partial charge in [-0.05, 0) is 36.2 Å². The van der Waals surface area contributed by atoms with Crippen LogP contribution in [0.3, 0.4) is 0 Å². The van der Waals surface area contributed by atoms with Gasteiger partial charge in [-0.3, -0.25) is 4.98 Å². The lowest BCUT2D eigenvalue weighted by Crippen LogP contribution is -2.15. The van der Waals surface area contributed by atoms with Gasteiger partial charge in [-0.15, -0.1) is 0 Å². The van der Waals surface area contributed by atoms with Crippen LogP contribution in [0.15, 0.2) is 36.5 Å². The quantitative estimate of drug-likeness (QED) is 0.883. The van der Waals surface area contributed by atoms with Crippen LogP contribution in [0.5, 0.6) is 5.75 Å². The van der Waals surface area contributed by atoms with E-state index >= 15 is 0 Å². The molecular weight excluding hydrogens is 272 g/mol. The van der Waals surface area contributed by atoms with Gasteiger partial charge in [0.1, 0.15) is 5.75 Å². The molecule has 1 N–H and O–H groups in total. The third kappa shape index (κ3) is 3.71. The predicted octanol–water partition coefficient (Wildman–Crippen LogP) is 3.60. The molecule has 0 fully saturated rings. The number of nitrogens with zero attached hydrogens (tertiary/aromatic N) is 1. The average molecular weight is 291 g/mol. The maximum atomic E-state index is 6.02. The molecule has 0 radical (unpaired) electrons. The summed E-state index contributed by atoms with van der Waals surface area (Å²) in [5.74, 6) is 0.846. The zero-order valence-electron chi connectivity index (χ0n) is 11.8. The van der Waals surface area contributed by atoms with Gasteiger partial charge in [-0.25, -0.2) is 0 Å². The third-order valence-corrected chi connectivity index (χ3v) is 3.45. The lowest BCUT2D eigenvalue weighted by atomic mass is 10.1. The van der Waals surface area contributed by atoms with Crippen LogP contribution in [0.4, 0.5) is 0 Å². The molecule has 0 atom stereocenters. The Hall–Kier alpha value is -1.58. The Kier molecular flexibility index (Phi) is 5.39. The highest BCUT2D eigenvalue weighted by Crippen LogP contribution is 2.22. The maximum Gasteiger partial charge on any atom is 0.123 e. The van der Waals surface area contributed by atoms with Crippen LogP contribution in [0.1, 0.15) is 23.7 Å². The van der Waals surface area contributed by atoms with Gasteiger partial charge in [-0.1, -0.05) is 24.6 Å². The normalized spacial score (nSPS) is 10.6. The monoisotopic (exact) mass is 290 g/mol. The van der Waals surface area contributed by atoms with Crippen molar-refractivity contribution in [2.45, 2.75) is 26.4 Å². The van der Waals surface area contributed by atoms with Crippen LogP contribution in [-0.4, -0.2) is 12.1 Å². The average Bonchev–Trinajstić information content (AvgIpc) is 2.48. The van der Waals surface area contributed by atoms with E-state index in [0.29, 0.717) is 6.54 Å². The number of benzene rings is 1. The summed E-state index contributed by atoms with van der Waals surface area (Å²) in [5, 5.41) is 4.11. The molecular formula is C16H19ClN2O. The molecule has 1 heterocycles. The number of pyridine rings is 1. The third-order valence-electron chi connectivity index (χ3n) is 3.22. The van der Waals surface area contributed by atoms with E-state index in [0.717, 1.165) is 35.0 Å². The van der Waals surface area contributed by atoms with Gasteiger partial charge in [0.2, 0.25) is 0 Å². The smallest absolute Gasteiger partial charge is 0.123 e. The molecule has 4 heteroatoms. The number of rotatable bonds is 6. The van der Waals surface area contributed by atoms with E-state index in [1.54, 1.807) is 7.11 Å². The van der Waals surface area contributed by atoms with Crippen LogP contribution in [0.25, 0.3) is 0 Å². The highest BCUT2D eigenvalue weighted by atomic mass is 35.5. The minimum atomic E-state index is 0.698. The Morgan fingerprint density at radius 3 is 2.80 bits per heavy atom. The molecule has 0 saturated carbocycles. The van der Waals surface area contributed by atoms with E-state index in [4.69, 9.17) is 16.3 Å². The van der Waals surface area contributed by atoms with E-state index in [1.165, 1.54) is 5.56 Å². The van der Waals surface area contributed by atoms with Crippen LogP contribution in [0.2, 0.25) is 5.02 Å². The molecule has 0 bridgehead atoms. The second kappa shape index (κ2) is 7.27. The summed E-state index contributed by atoms with van der Waals surface area (Å²) in [6.07, 6.45) is 2.82. The van der Waals surface area contributed by atoms with Gasteiger partial charge in [0.05, 0.1) is 12.8 Å². The van der Waals surface area contributed by atoms with Crippen molar-refractivity contribution in [2.75, 3.05) is 7.11 Å². The van der Waals surface area contributed by atoms with Crippen molar-refractivity contribution >= 4 is 11.6 Å². The largest absolute Gasteiger partial charge is 0.496 e. The lowest BCUT2D eigenvalue weighted by Gasteiger charge is -2.11. The zero-order chi connectivity index (χ0) is 14.4. The van der Waals surface area contributed by atoms with Gasteiger partial charge < -0.3 is 10.1 Å². The highest BCUT2D eigenvalue weighted by molar-refractivity contribution is 6.30.